The molecule has 1 amide bonds. The number of sulfonamides is 1. The molecule has 2 unspecified atom stereocenters. The summed E-state index contributed by atoms with van der Waals surface area (Å²) >= 11 is 0. The molecule has 2 rings (SSSR count). The van der Waals surface area contributed by atoms with Crippen LogP contribution in [0.2, 0.25) is 0 Å². The van der Waals surface area contributed by atoms with Gasteiger partial charge in [0.2, 0.25) is 15.9 Å². The van der Waals surface area contributed by atoms with Crippen LogP contribution >= 0.6 is 0 Å². The van der Waals surface area contributed by atoms with Gasteiger partial charge in [0.25, 0.3) is 5.69 Å². The third kappa shape index (κ3) is 4.47. The molecule has 11 heteroatoms. The third-order valence-electron chi connectivity index (χ3n) is 3.49. The quantitative estimate of drug-likeness (QED) is 0.269. The maximum atomic E-state index is 12.1. The molecule has 0 spiro atoms. The van der Waals surface area contributed by atoms with Gasteiger partial charge in [-0.1, -0.05) is 12.1 Å². The molecule has 2 atom stereocenters. The standard InChI is InChI=1S/C13H18N4O6S/c18-9-7-10(15-8-9)13(19)14-5-6-16-24(22,23)12-4-2-1-3-11(12)17(20)21/h1-4,9-10,15-16,18H,5-8H2,(H,14,19). The summed E-state index contributed by atoms with van der Waals surface area (Å²) in [6, 6.07) is 4.50. The molecule has 0 aromatic heterocycles. The zero-order chi connectivity index (χ0) is 17.7. The van der Waals surface area contributed by atoms with Gasteiger partial charge in [-0.05, 0) is 12.5 Å². The smallest absolute Gasteiger partial charge is 0.289 e. The number of carbonyl (C=O) groups excluding carboxylic acids is 1. The third-order valence-corrected chi connectivity index (χ3v) is 5.00. The first-order chi connectivity index (χ1) is 11.3. The Morgan fingerprint density at radius 3 is 2.71 bits per heavy atom. The Morgan fingerprint density at radius 1 is 1.38 bits per heavy atom. The number of amides is 1. The fourth-order valence-corrected chi connectivity index (χ4v) is 3.53. The minimum Gasteiger partial charge on any atom is -0.392 e. The van der Waals surface area contributed by atoms with Crippen LogP contribution in [0.4, 0.5) is 5.69 Å². The van der Waals surface area contributed by atoms with Gasteiger partial charge in [-0.2, -0.15) is 0 Å². The summed E-state index contributed by atoms with van der Waals surface area (Å²) in [5.41, 5.74) is -0.516. The molecular weight excluding hydrogens is 340 g/mol. The number of hydrogen-bond donors (Lipinski definition) is 4. The Bertz CT molecular complexity index is 723. The molecule has 1 aromatic carbocycles. The second kappa shape index (κ2) is 7.66. The second-order valence-electron chi connectivity index (χ2n) is 5.26. The molecule has 0 bridgehead atoms. The van der Waals surface area contributed by atoms with Crippen molar-refractivity contribution in [1.29, 1.82) is 0 Å². The largest absolute Gasteiger partial charge is 0.392 e. The van der Waals surface area contributed by atoms with E-state index >= 15 is 0 Å². The Hall–Kier alpha value is -2.08. The van der Waals surface area contributed by atoms with Crippen molar-refractivity contribution >= 4 is 21.6 Å². The first-order valence-corrected chi connectivity index (χ1v) is 8.72. The van der Waals surface area contributed by atoms with Gasteiger partial charge in [0, 0.05) is 25.7 Å². The topological polar surface area (TPSA) is 151 Å². The number of β-amino-alcohol motifs (C(OH)–C–C–N with tert-alkyl or cyclic N) is 1. The van der Waals surface area contributed by atoms with E-state index in [2.05, 4.69) is 15.4 Å². The van der Waals surface area contributed by atoms with Crippen molar-refractivity contribution in [2.45, 2.75) is 23.5 Å². The van der Waals surface area contributed by atoms with Crippen molar-refractivity contribution in [2.75, 3.05) is 19.6 Å². The van der Waals surface area contributed by atoms with Crippen molar-refractivity contribution in [2.24, 2.45) is 0 Å². The van der Waals surface area contributed by atoms with Crippen LogP contribution in [0, 0.1) is 10.1 Å². The molecule has 10 nitrogen and oxygen atoms in total. The van der Waals surface area contributed by atoms with Gasteiger partial charge in [0.05, 0.1) is 17.1 Å². The average molecular weight is 358 g/mol. The van der Waals surface area contributed by atoms with Crippen molar-refractivity contribution < 1.29 is 23.2 Å². The molecule has 1 saturated heterocycles. The molecule has 1 heterocycles. The second-order valence-corrected chi connectivity index (χ2v) is 7.00. The van der Waals surface area contributed by atoms with Crippen molar-refractivity contribution in [3.05, 3.63) is 34.4 Å². The maximum Gasteiger partial charge on any atom is 0.289 e. The Morgan fingerprint density at radius 2 is 2.08 bits per heavy atom. The fraction of sp³-hybridized carbons (Fsp3) is 0.462. The minimum atomic E-state index is -4.06. The minimum absolute atomic E-state index is 0.0208. The molecule has 1 aliphatic rings. The van der Waals surface area contributed by atoms with Crippen LogP contribution in [0.5, 0.6) is 0 Å². The number of rotatable bonds is 7. The predicted octanol–water partition coefficient (Wildman–Crippen LogP) is -1.29. The molecule has 24 heavy (non-hydrogen) atoms. The first-order valence-electron chi connectivity index (χ1n) is 7.23. The molecule has 0 aliphatic carbocycles. The number of nitro benzene ring substituents is 1. The molecule has 0 radical (unpaired) electrons. The number of carbonyl (C=O) groups is 1. The van der Waals surface area contributed by atoms with Crippen LogP contribution in [-0.4, -0.2) is 56.1 Å². The highest BCUT2D eigenvalue weighted by molar-refractivity contribution is 7.89. The zero-order valence-electron chi connectivity index (χ0n) is 12.6. The number of nitrogens with zero attached hydrogens (tertiary/aromatic N) is 1. The van der Waals surface area contributed by atoms with Crippen molar-refractivity contribution in [3.63, 3.8) is 0 Å². The summed E-state index contributed by atoms with van der Waals surface area (Å²) in [6.45, 7) is 0.241. The van der Waals surface area contributed by atoms with E-state index in [1.165, 1.54) is 12.1 Å². The Balaban J connectivity index is 1.87. The number of aliphatic hydroxyl groups excluding tert-OH is 1. The Kier molecular flexibility index (Phi) is 5.83. The number of hydrogen-bond acceptors (Lipinski definition) is 7. The van der Waals surface area contributed by atoms with E-state index < -0.39 is 37.7 Å². The first kappa shape index (κ1) is 18.3. The van der Waals surface area contributed by atoms with E-state index in [1.54, 1.807) is 0 Å². The van der Waals surface area contributed by atoms with E-state index in [0.717, 1.165) is 12.1 Å². The van der Waals surface area contributed by atoms with Gasteiger partial charge in [-0.25, -0.2) is 13.1 Å². The van der Waals surface area contributed by atoms with Crippen LogP contribution in [0.15, 0.2) is 29.2 Å². The van der Waals surface area contributed by atoms with Gasteiger partial charge >= 0.3 is 0 Å². The fourth-order valence-electron chi connectivity index (χ4n) is 2.32. The number of benzene rings is 1. The van der Waals surface area contributed by atoms with E-state index in [9.17, 15) is 28.4 Å². The summed E-state index contributed by atoms with van der Waals surface area (Å²) in [4.78, 5) is 21.5. The maximum absolute atomic E-state index is 12.1. The van der Waals surface area contributed by atoms with Crippen LogP contribution in [-0.2, 0) is 14.8 Å². The van der Waals surface area contributed by atoms with E-state index in [-0.39, 0.29) is 19.0 Å². The van der Waals surface area contributed by atoms with Gasteiger partial charge < -0.3 is 15.7 Å². The van der Waals surface area contributed by atoms with Crippen molar-refractivity contribution in [3.8, 4) is 0 Å². The molecule has 1 fully saturated rings. The summed E-state index contributed by atoms with van der Waals surface area (Å²) in [5.74, 6) is -0.337. The van der Waals surface area contributed by atoms with E-state index in [4.69, 9.17) is 0 Å². The average Bonchev–Trinajstić information content (AvgIpc) is 2.98. The van der Waals surface area contributed by atoms with Crippen LogP contribution in [0.3, 0.4) is 0 Å². The normalized spacial score (nSPS) is 20.7. The predicted molar refractivity (Wildman–Crippen MR) is 83.7 cm³/mol. The SMILES string of the molecule is O=C(NCCNS(=O)(=O)c1ccccc1[N+](=O)[O-])C1CC(O)CN1. The van der Waals surface area contributed by atoms with Gasteiger partial charge in [-0.15, -0.1) is 0 Å². The van der Waals surface area contributed by atoms with E-state index in [1.807, 2.05) is 0 Å². The van der Waals surface area contributed by atoms with Crippen molar-refractivity contribution in [1.82, 2.24) is 15.4 Å². The number of aliphatic hydroxyl groups is 1. The lowest BCUT2D eigenvalue weighted by atomic mass is 10.2. The summed E-state index contributed by atoms with van der Waals surface area (Å²) in [6.07, 6.45) is -0.272. The molecule has 0 saturated carbocycles. The molecule has 1 aromatic rings. The van der Waals surface area contributed by atoms with Gasteiger partial charge in [0.1, 0.15) is 0 Å². The monoisotopic (exact) mass is 358 g/mol. The van der Waals surface area contributed by atoms with E-state index in [0.29, 0.717) is 13.0 Å². The highest BCUT2D eigenvalue weighted by Crippen LogP contribution is 2.22. The summed E-state index contributed by atoms with van der Waals surface area (Å²) in [5, 5.41) is 25.6. The highest BCUT2D eigenvalue weighted by atomic mass is 32.2. The van der Waals surface area contributed by atoms with Gasteiger partial charge in [-0.3, -0.25) is 14.9 Å². The number of nitro groups is 1. The molecule has 132 valence electrons. The van der Waals surface area contributed by atoms with Crippen LogP contribution < -0.4 is 15.4 Å². The summed E-state index contributed by atoms with van der Waals surface area (Å²) in [7, 11) is -4.06. The number of para-hydroxylation sites is 1. The lowest BCUT2D eigenvalue weighted by Crippen LogP contribution is -2.43. The Labute approximate surface area is 138 Å². The van der Waals surface area contributed by atoms with Gasteiger partial charge in [0.15, 0.2) is 4.90 Å². The van der Waals surface area contributed by atoms with Crippen LogP contribution in [0.1, 0.15) is 6.42 Å². The summed E-state index contributed by atoms with van der Waals surface area (Å²) < 4.78 is 26.5. The van der Waals surface area contributed by atoms with Crippen LogP contribution in [0.25, 0.3) is 0 Å². The molecular formula is C13H18N4O6S. The lowest BCUT2D eigenvalue weighted by Gasteiger charge is -2.11. The zero-order valence-corrected chi connectivity index (χ0v) is 13.5. The molecule has 1 aliphatic heterocycles. The lowest BCUT2D eigenvalue weighted by molar-refractivity contribution is -0.387. The highest BCUT2D eigenvalue weighted by Gasteiger charge is 2.28. The number of nitrogens with one attached hydrogen (secondary N) is 3. The molecule has 4 N–H and O–H groups in total.